The van der Waals surface area contributed by atoms with Crippen LogP contribution < -0.4 is 10.2 Å². The second-order valence-electron chi connectivity index (χ2n) is 6.65. The minimum absolute atomic E-state index is 0.0706. The number of hydrogen-bond acceptors (Lipinski definition) is 6. The summed E-state index contributed by atoms with van der Waals surface area (Å²) in [5, 5.41) is 6.00. The molecular weight excluding hydrogens is 300 g/mol. The van der Waals surface area contributed by atoms with Gasteiger partial charge in [0.2, 0.25) is 0 Å². The van der Waals surface area contributed by atoms with E-state index < -0.39 is 5.60 Å². The standard InChI is InChI=1S/C15H26N4O2S/c1-12(17-14(20)21-15(2,3)4)11-18-6-8-19(9-7-18)13-16-5-10-22-13/h5,10,12H,6-9,11H2,1-4H3,(H,17,20). The van der Waals surface area contributed by atoms with Crippen LogP contribution in [0.4, 0.5) is 9.93 Å². The van der Waals surface area contributed by atoms with E-state index in [1.807, 2.05) is 39.3 Å². The minimum Gasteiger partial charge on any atom is -0.444 e. The zero-order valence-electron chi connectivity index (χ0n) is 13.8. The van der Waals surface area contributed by atoms with Crippen molar-refractivity contribution >= 4 is 22.6 Å². The van der Waals surface area contributed by atoms with Gasteiger partial charge in [0.15, 0.2) is 5.13 Å². The van der Waals surface area contributed by atoms with Crippen molar-refractivity contribution in [2.24, 2.45) is 0 Å². The predicted octanol–water partition coefficient (Wildman–Crippen LogP) is 2.18. The minimum atomic E-state index is -0.455. The maximum atomic E-state index is 11.8. The van der Waals surface area contributed by atoms with Crippen LogP contribution >= 0.6 is 11.3 Å². The molecule has 22 heavy (non-hydrogen) atoms. The zero-order valence-corrected chi connectivity index (χ0v) is 14.7. The quantitative estimate of drug-likeness (QED) is 0.919. The number of rotatable bonds is 4. The molecule has 7 heteroatoms. The molecule has 2 rings (SSSR count). The molecule has 0 radical (unpaired) electrons. The van der Waals surface area contributed by atoms with Crippen molar-refractivity contribution in [1.82, 2.24) is 15.2 Å². The molecule has 1 N–H and O–H groups in total. The highest BCUT2D eigenvalue weighted by Crippen LogP contribution is 2.18. The molecule has 0 spiro atoms. The fraction of sp³-hybridized carbons (Fsp3) is 0.733. The van der Waals surface area contributed by atoms with Crippen molar-refractivity contribution in [3.8, 4) is 0 Å². The largest absolute Gasteiger partial charge is 0.444 e. The zero-order chi connectivity index (χ0) is 16.2. The van der Waals surface area contributed by atoms with Gasteiger partial charge in [0.25, 0.3) is 0 Å². The number of hydrogen-bond donors (Lipinski definition) is 1. The van der Waals surface area contributed by atoms with Crippen LogP contribution in [0.15, 0.2) is 11.6 Å². The third-order valence-electron chi connectivity index (χ3n) is 3.36. The maximum absolute atomic E-state index is 11.8. The fourth-order valence-corrected chi connectivity index (χ4v) is 3.13. The van der Waals surface area contributed by atoms with Gasteiger partial charge in [-0.3, -0.25) is 4.90 Å². The van der Waals surface area contributed by atoms with Gasteiger partial charge in [0, 0.05) is 50.3 Å². The average Bonchev–Trinajstić information content (AvgIpc) is 2.90. The van der Waals surface area contributed by atoms with E-state index in [1.165, 1.54) is 0 Å². The van der Waals surface area contributed by atoms with E-state index in [0.29, 0.717) is 0 Å². The molecule has 1 unspecified atom stereocenters. The number of ether oxygens (including phenoxy) is 1. The van der Waals surface area contributed by atoms with Crippen LogP contribution in [0.3, 0.4) is 0 Å². The number of piperazine rings is 1. The SMILES string of the molecule is CC(CN1CCN(c2nccs2)CC1)NC(=O)OC(C)(C)C. The average molecular weight is 326 g/mol. The molecule has 124 valence electrons. The summed E-state index contributed by atoms with van der Waals surface area (Å²) in [6.07, 6.45) is 1.50. The summed E-state index contributed by atoms with van der Waals surface area (Å²) in [6.45, 7) is 12.4. The molecule has 1 aliphatic heterocycles. The van der Waals surface area contributed by atoms with Gasteiger partial charge < -0.3 is 15.0 Å². The summed E-state index contributed by atoms with van der Waals surface area (Å²) < 4.78 is 5.28. The van der Waals surface area contributed by atoms with Crippen molar-refractivity contribution in [3.63, 3.8) is 0 Å². The predicted molar refractivity (Wildman–Crippen MR) is 89.6 cm³/mol. The lowest BCUT2D eigenvalue weighted by Gasteiger charge is -2.35. The Morgan fingerprint density at radius 3 is 2.64 bits per heavy atom. The Balaban J connectivity index is 1.70. The Labute approximate surface area is 136 Å². The van der Waals surface area contributed by atoms with Gasteiger partial charge in [-0.25, -0.2) is 9.78 Å². The lowest BCUT2D eigenvalue weighted by Crippen LogP contribution is -2.51. The van der Waals surface area contributed by atoms with E-state index in [0.717, 1.165) is 37.9 Å². The third kappa shape index (κ3) is 5.46. The molecule has 2 heterocycles. The first-order chi connectivity index (χ1) is 10.3. The maximum Gasteiger partial charge on any atom is 0.407 e. The molecule has 1 aromatic heterocycles. The first-order valence-electron chi connectivity index (χ1n) is 7.70. The fourth-order valence-electron chi connectivity index (χ4n) is 2.44. The van der Waals surface area contributed by atoms with Gasteiger partial charge in [-0.1, -0.05) is 0 Å². The van der Waals surface area contributed by atoms with E-state index in [1.54, 1.807) is 11.3 Å². The van der Waals surface area contributed by atoms with E-state index in [2.05, 4.69) is 20.1 Å². The van der Waals surface area contributed by atoms with Gasteiger partial charge in [-0.05, 0) is 27.7 Å². The Hall–Kier alpha value is -1.34. The number of thiazole rings is 1. The molecular formula is C15H26N4O2S. The van der Waals surface area contributed by atoms with Crippen molar-refractivity contribution in [3.05, 3.63) is 11.6 Å². The Bertz CT molecular complexity index is 464. The second kappa shape index (κ2) is 7.28. The molecule has 1 aromatic rings. The van der Waals surface area contributed by atoms with E-state index >= 15 is 0 Å². The van der Waals surface area contributed by atoms with Crippen molar-refractivity contribution < 1.29 is 9.53 Å². The van der Waals surface area contributed by atoms with Gasteiger partial charge in [-0.2, -0.15) is 0 Å². The summed E-state index contributed by atoms with van der Waals surface area (Å²) in [7, 11) is 0. The second-order valence-corrected chi connectivity index (χ2v) is 7.52. The number of amides is 1. The lowest BCUT2D eigenvalue weighted by molar-refractivity contribution is 0.0496. The van der Waals surface area contributed by atoms with Crippen molar-refractivity contribution in [2.45, 2.75) is 39.3 Å². The smallest absolute Gasteiger partial charge is 0.407 e. The Morgan fingerprint density at radius 1 is 1.41 bits per heavy atom. The Morgan fingerprint density at radius 2 is 2.09 bits per heavy atom. The molecule has 0 aromatic carbocycles. The normalized spacial score (nSPS) is 18.1. The third-order valence-corrected chi connectivity index (χ3v) is 4.19. The highest BCUT2D eigenvalue weighted by molar-refractivity contribution is 7.13. The summed E-state index contributed by atoms with van der Waals surface area (Å²) in [5.41, 5.74) is -0.455. The van der Waals surface area contributed by atoms with E-state index in [-0.39, 0.29) is 12.1 Å². The van der Waals surface area contributed by atoms with Crippen molar-refractivity contribution in [1.29, 1.82) is 0 Å². The number of anilines is 1. The van der Waals surface area contributed by atoms with Gasteiger partial charge in [0.05, 0.1) is 0 Å². The molecule has 1 amide bonds. The number of alkyl carbamates (subject to hydrolysis) is 1. The van der Waals surface area contributed by atoms with Crippen LogP contribution in [0.5, 0.6) is 0 Å². The van der Waals surface area contributed by atoms with Crippen LogP contribution in [-0.4, -0.2) is 60.3 Å². The Kier molecular flexibility index (Phi) is 5.63. The number of nitrogens with one attached hydrogen (secondary N) is 1. The van der Waals surface area contributed by atoms with Crippen LogP contribution in [0.1, 0.15) is 27.7 Å². The molecule has 0 saturated carbocycles. The molecule has 0 aliphatic carbocycles. The van der Waals surface area contributed by atoms with Gasteiger partial charge in [0.1, 0.15) is 5.60 Å². The van der Waals surface area contributed by atoms with Crippen LogP contribution in [0.25, 0.3) is 0 Å². The number of nitrogens with zero attached hydrogens (tertiary/aromatic N) is 3. The first-order valence-corrected chi connectivity index (χ1v) is 8.58. The molecule has 0 bridgehead atoms. The van der Waals surface area contributed by atoms with E-state index in [9.17, 15) is 4.79 Å². The first kappa shape index (κ1) is 17.0. The van der Waals surface area contributed by atoms with Crippen molar-refractivity contribution in [2.75, 3.05) is 37.6 Å². The summed E-state index contributed by atoms with van der Waals surface area (Å²) in [4.78, 5) is 20.8. The van der Waals surface area contributed by atoms with Crippen LogP contribution in [0, 0.1) is 0 Å². The number of carbonyl (C=O) groups excluding carboxylic acids is 1. The number of aromatic nitrogens is 1. The molecule has 1 fully saturated rings. The summed E-state index contributed by atoms with van der Waals surface area (Å²) in [6, 6.07) is 0.0706. The topological polar surface area (TPSA) is 57.7 Å². The van der Waals surface area contributed by atoms with Gasteiger partial charge in [-0.15, -0.1) is 11.3 Å². The monoisotopic (exact) mass is 326 g/mol. The molecule has 1 atom stereocenters. The summed E-state index contributed by atoms with van der Waals surface area (Å²) in [5.74, 6) is 0. The van der Waals surface area contributed by atoms with Crippen LogP contribution in [0.2, 0.25) is 0 Å². The van der Waals surface area contributed by atoms with Crippen LogP contribution in [-0.2, 0) is 4.74 Å². The summed E-state index contributed by atoms with van der Waals surface area (Å²) >= 11 is 1.68. The lowest BCUT2D eigenvalue weighted by atomic mass is 10.2. The molecule has 1 aliphatic rings. The van der Waals surface area contributed by atoms with Gasteiger partial charge >= 0.3 is 6.09 Å². The van der Waals surface area contributed by atoms with E-state index in [4.69, 9.17) is 4.74 Å². The highest BCUT2D eigenvalue weighted by atomic mass is 32.1. The number of carbonyl (C=O) groups is 1. The molecule has 6 nitrogen and oxygen atoms in total. The highest BCUT2D eigenvalue weighted by Gasteiger charge is 2.22. The molecule has 1 saturated heterocycles.